The third-order valence-corrected chi connectivity index (χ3v) is 1.76. The van der Waals surface area contributed by atoms with E-state index in [0.29, 0.717) is 12.5 Å². The van der Waals surface area contributed by atoms with Crippen molar-refractivity contribution in [2.45, 2.75) is 13.0 Å². The van der Waals surface area contributed by atoms with E-state index in [2.05, 4.69) is 13.5 Å². The Bertz CT molecular complexity index is 165. The summed E-state index contributed by atoms with van der Waals surface area (Å²) in [6, 6.07) is 0. The Morgan fingerprint density at radius 2 is 2.64 bits per heavy atom. The fraction of sp³-hybridized carbons (Fsp3) is 0.625. The standard InChI is InChI=1S/C8H12O3/c1-3-8(9)11-5-7-6(2)4-10-7/h3,6-7H,1,4-5H2,2H3. The van der Waals surface area contributed by atoms with Crippen molar-refractivity contribution in [2.24, 2.45) is 5.92 Å². The molecule has 0 radical (unpaired) electrons. The van der Waals surface area contributed by atoms with E-state index in [9.17, 15) is 4.79 Å². The van der Waals surface area contributed by atoms with E-state index in [1.54, 1.807) is 0 Å². The fourth-order valence-electron chi connectivity index (χ4n) is 0.860. The molecular formula is C8H12O3. The van der Waals surface area contributed by atoms with Crippen LogP contribution in [0.5, 0.6) is 0 Å². The van der Waals surface area contributed by atoms with Crippen molar-refractivity contribution in [3.05, 3.63) is 12.7 Å². The monoisotopic (exact) mass is 156 g/mol. The lowest BCUT2D eigenvalue weighted by atomic mass is 10.0. The van der Waals surface area contributed by atoms with Crippen LogP contribution in [-0.4, -0.2) is 25.3 Å². The first-order valence-electron chi connectivity index (χ1n) is 3.65. The number of hydrogen-bond donors (Lipinski definition) is 0. The summed E-state index contributed by atoms with van der Waals surface area (Å²) in [5.74, 6) is 0.125. The molecule has 62 valence electrons. The number of carbonyl (C=O) groups excluding carboxylic acids is 1. The third kappa shape index (κ3) is 2.05. The van der Waals surface area contributed by atoms with Crippen LogP contribution in [0.2, 0.25) is 0 Å². The van der Waals surface area contributed by atoms with Crippen molar-refractivity contribution in [3.8, 4) is 0 Å². The average molecular weight is 156 g/mol. The molecule has 1 aliphatic rings. The second kappa shape index (κ2) is 3.53. The topological polar surface area (TPSA) is 35.5 Å². The molecule has 0 saturated carbocycles. The van der Waals surface area contributed by atoms with Gasteiger partial charge in [-0.25, -0.2) is 4.79 Å². The number of carbonyl (C=O) groups is 1. The van der Waals surface area contributed by atoms with Crippen LogP contribution in [-0.2, 0) is 14.3 Å². The average Bonchev–Trinajstić information content (AvgIpc) is 2.01. The Morgan fingerprint density at radius 1 is 1.91 bits per heavy atom. The highest BCUT2D eigenvalue weighted by atomic mass is 16.6. The molecule has 3 nitrogen and oxygen atoms in total. The molecule has 11 heavy (non-hydrogen) atoms. The zero-order valence-electron chi connectivity index (χ0n) is 6.58. The molecule has 1 fully saturated rings. The van der Waals surface area contributed by atoms with Gasteiger partial charge in [-0.3, -0.25) is 0 Å². The quantitative estimate of drug-likeness (QED) is 0.447. The zero-order valence-corrected chi connectivity index (χ0v) is 6.58. The molecular weight excluding hydrogens is 144 g/mol. The first kappa shape index (κ1) is 8.27. The van der Waals surface area contributed by atoms with E-state index in [1.807, 2.05) is 0 Å². The molecule has 0 bridgehead atoms. The van der Waals surface area contributed by atoms with E-state index in [1.165, 1.54) is 0 Å². The lowest BCUT2D eigenvalue weighted by Crippen LogP contribution is -2.41. The summed E-state index contributed by atoms with van der Waals surface area (Å²) in [6.07, 6.45) is 1.25. The Hall–Kier alpha value is -0.830. The van der Waals surface area contributed by atoms with Gasteiger partial charge in [0.05, 0.1) is 12.7 Å². The van der Waals surface area contributed by atoms with Gasteiger partial charge >= 0.3 is 5.97 Å². The highest BCUT2D eigenvalue weighted by Crippen LogP contribution is 2.19. The van der Waals surface area contributed by atoms with Crippen LogP contribution in [0.4, 0.5) is 0 Å². The van der Waals surface area contributed by atoms with E-state index in [4.69, 9.17) is 9.47 Å². The molecule has 0 aromatic rings. The Kier molecular flexibility index (Phi) is 2.65. The predicted octanol–water partition coefficient (Wildman–Crippen LogP) is 0.750. The second-order valence-electron chi connectivity index (χ2n) is 2.68. The molecule has 1 aliphatic heterocycles. The lowest BCUT2D eigenvalue weighted by molar-refractivity contribution is -0.160. The predicted molar refractivity (Wildman–Crippen MR) is 40.1 cm³/mol. The molecule has 0 N–H and O–H groups in total. The van der Waals surface area contributed by atoms with Crippen LogP contribution < -0.4 is 0 Å². The molecule has 1 heterocycles. The summed E-state index contributed by atoms with van der Waals surface area (Å²) in [5.41, 5.74) is 0. The minimum atomic E-state index is -0.382. The van der Waals surface area contributed by atoms with Crippen molar-refractivity contribution in [3.63, 3.8) is 0 Å². The maximum Gasteiger partial charge on any atom is 0.330 e. The number of rotatable bonds is 3. The summed E-state index contributed by atoms with van der Waals surface area (Å²) in [6.45, 7) is 6.48. The van der Waals surface area contributed by atoms with Gasteiger partial charge in [0, 0.05) is 12.0 Å². The van der Waals surface area contributed by atoms with Crippen molar-refractivity contribution >= 4 is 5.97 Å². The van der Waals surface area contributed by atoms with Gasteiger partial charge in [0.1, 0.15) is 6.61 Å². The molecule has 2 unspecified atom stereocenters. The van der Waals surface area contributed by atoms with Crippen molar-refractivity contribution in [1.29, 1.82) is 0 Å². The van der Waals surface area contributed by atoms with Gasteiger partial charge in [-0.2, -0.15) is 0 Å². The zero-order chi connectivity index (χ0) is 8.27. The molecule has 0 aromatic carbocycles. The first-order chi connectivity index (χ1) is 5.24. The van der Waals surface area contributed by atoms with Gasteiger partial charge < -0.3 is 9.47 Å². The summed E-state index contributed by atoms with van der Waals surface area (Å²) < 4.78 is 9.91. The largest absolute Gasteiger partial charge is 0.460 e. The van der Waals surface area contributed by atoms with Gasteiger partial charge in [0.25, 0.3) is 0 Å². The third-order valence-electron chi connectivity index (χ3n) is 1.76. The molecule has 0 amide bonds. The van der Waals surface area contributed by atoms with Gasteiger partial charge in [-0.15, -0.1) is 0 Å². The highest BCUT2D eigenvalue weighted by molar-refractivity contribution is 5.81. The molecule has 0 spiro atoms. The van der Waals surface area contributed by atoms with Gasteiger partial charge in [-0.05, 0) is 0 Å². The minimum Gasteiger partial charge on any atom is -0.460 e. The maximum absolute atomic E-state index is 10.6. The summed E-state index contributed by atoms with van der Waals surface area (Å²) in [4.78, 5) is 10.6. The molecule has 1 saturated heterocycles. The van der Waals surface area contributed by atoms with E-state index < -0.39 is 0 Å². The summed E-state index contributed by atoms with van der Waals surface area (Å²) >= 11 is 0. The fourth-order valence-corrected chi connectivity index (χ4v) is 0.860. The van der Waals surface area contributed by atoms with Crippen LogP contribution in [0, 0.1) is 5.92 Å². The molecule has 3 heteroatoms. The Morgan fingerprint density at radius 3 is 3.00 bits per heavy atom. The van der Waals surface area contributed by atoms with E-state index in [-0.39, 0.29) is 12.1 Å². The number of hydrogen-bond acceptors (Lipinski definition) is 3. The van der Waals surface area contributed by atoms with Gasteiger partial charge in [-0.1, -0.05) is 13.5 Å². The Labute approximate surface area is 66.0 Å². The van der Waals surface area contributed by atoms with Crippen LogP contribution in [0.1, 0.15) is 6.92 Å². The minimum absolute atomic E-state index is 0.0962. The van der Waals surface area contributed by atoms with Crippen LogP contribution in [0.25, 0.3) is 0 Å². The molecule has 1 rings (SSSR count). The molecule has 0 aromatic heterocycles. The Balaban J connectivity index is 2.12. The van der Waals surface area contributed by atoms with Gasteiger partial charge in [0.2, 0.25) is 0 Å². The second-order valence-corrected chi connectivity index (χ2v) is 2.68. The van der Waals surface area contributed by atoms with Crippen molar-refractivity contribution < 1.29 is 14.3 Å². The van der Waals surface area contributed by atoms with E-state index in [0.717, 1.165) is 12.7 Å². The number of ether oxygens (including phenoxy) is 2. The molecule has 0 aliphatic carbocycles. The maximum atomic E-state index is 10.6. The lowest BCUT2D eigenvalue weighted by Gasteiger charge is -2.33. The first-order valence-corrected chi connectivity index (χ1v) is 3.65. The molecule has 2 atom stereocenters. The number of esters is 1. The van der Waals surface area contributed by atoms with E-state index >= 15 is 0 Å². The smallest absolute Gasteiger partial charge is 0.330 e. The van der Waals surface area contributed by atoms with Crippen LogP contribution in [0.15, 0.2) is 12.7 Å². The van der Waals surface area contributed by atoms with Crippen molar-refractivity contribution in [1.82, 2.24) is 0 Å². The van der Waals surface area contributed by atoms with Gasteiger partial charge in [0.15, 0.2) is 0 Å². The SMILES string of the molecule is C=CC(=O)OCC1OCC1C. The normalized spacial score (nSPS) is 28.8. The summed E-state index contributed by atoms with van der Waals surface area (Å²) in [5, 5.41) is 0. The van der Waals surface area contributed by atoms with Crippen LogP contribution in [0.3, 0.4) is 0 Å². The highest BCUT2D eigenvalue weighted by Gasteiger charge is 2.28. The summed E-state index contributed by atoms with van der Waals surface area (Å²) in [7, 11) is 0. The van der Waals surface area contributed by atoms with Crippen LogP contribution >= 0.6 is 0 Å². The van der Waals surface area contributed by atoms with Crippen molar-refractivity contribution in [2.75, 3.05) is 13.2 Å².